The van der Waals surface area contributed by atoms with Crippen molar-refractivity contribution in [3.05, 3.63) is 64.1 Å². The lowest BCUT2D eigenvalue weighted by Crippen LogP contribution is -2.22. The van der Waals surface area contributed by atoms with Gasteiger partial charge in [0.05, 0.1) is 0 Å². The van der Waals surface area contributed by atoms with Crippen LogP contribution in [0.25, 0.3) is 0 Å². The number of nitrogens with one attached hydrogen (secondary N) is 1. The van der Waals surface area contributed by atoms with Crippen LogP contribution < -0.4 is 5.32 Å². The highest BCUT2D eigenvalue weighted by atomic mass is 35.5. The van der Waals surface area contributed by atoms with Crippen molar-refractivity contribution in [2.75, 3.05) is 6.54 Å². The zero-order valence-electron chi connectivity index (χ0n) is 10.9. The third-order valence-corrected chi connectivity index (χ3v) is 2.72. The minimum atomic E-state index is -0.113. The highest BCUT2D eigenvalue weighted by molar-refractivity contribution is 6.34. The molecule has 5 heteroatoms. The largest absolute Gasteiger partial charge is 0.508 e. The molecule has 0 saturated carbocycles. The van der Waals surface area contributed by atoms with Crippen LogP contribution in [0.2, 0.25) is 10.0 Å². The van der Waals surface area contributed by atoms with Crippen LogP contribution in [0.3, 0.4) is 0 Å². The minimum Gasteiger partial charge on any atom is -0.508 e. The van der Waals surface area contributed by atoms with E-state index in [1.165, 1.54) is 12.1 Å². The van der Waals surface area contributed by atoms with Gasteiger partial charge in [-0.15, -0.1) is 0 Å². The van der Waals surface area contributed by atoms with E-state index in [-0.39, 0.29) is 11.7 Å². The molecular formula is C15H15Cl2NO2. The molecule has 0 bridgehead atoms. The lowest BCUT2D eigenvalue weighted by Gasteiger charge is -2.00. The number of benzene rings is 2. The highest BCUT2D eigenvalue weighted by Gasteiger charge is 2.01. The van der Waals surface area contributed by atoms with Crippen molar-refractivity contribution in [2.45, 2.75) is 6.92 Å². The summed E-state index contributed by atoms with van der Waals surface area (Å²) in [5.41, 5.74) is 0.564. The fourth-order valence-corrected chi connectivity index (χ4v) is 1.77. The number of phenolic OH excluding ortho intramolecular Hbond substituents is 1. The molecule has 0 aliphatic heterocycles. The van der Waals surface area contributed by atoms with Crippen LogP contribution in [0, 0.1) is 0 Å². The van der Waals surface area contributed by atoms with Gasteiger partial charge in [-0.3, -0.25) is 4.79 Å². The molecule has 0 saturated heterocycles. The molecule has 3 nitrogen and oxygen atoms in total. The number of hydrogen-bond acceptors (Lipinski definition) is 2. The molecule has 106 valence electrons. The van der Waals surface area contributed by atoms with Gasteiger partial charge in [-0.05, 0) is 49.4 Å². The molecule has 0 heterocycles. The van der Waals surface area contributed by atoms with Gasteiger partial charge in [-0.25, -0.2) is 0 Å². The lowest BCUT2D eigenvalue weighted by molar-refractivity contribution is 0.0956. The molecule has 0 unspecified atom stereocenters. The van der Waals surface area contributed by atoms with Gasteiger partial charge in [0.2, 0.25) is 0 Å². The number of carbonyl (C=O) groups excluding carboxylic acids is 1. The molecule has 2 N–H and O–H groups in total. The van der Waals surface area contributed by atoms with Crippen LogP contribution in [-0.2, 0) is 0 Å². The van der Waals surface area contributed by atoms with Crippen LogP contribution in [0.1, 0.15) is 17.3 Å². The van der Waals surface area contributed by atoms with Crippen LogP contribution in [0.5, 0.6) is 5.75 Å². The highest BCUT2D eigenvalue weighted by Crippen LogP contribution is 2.14. The molecule has 0 radical (unpaired) electrons. The maximum Gasteiger partial charge on any atom is 0.251 e. The van der Waals surface area contributed by atoms with Crippen LogP contribution in [-0.4, -0.2) is 17.6 Å². The number of halogens is 2. The SMILES string of the molecule is CCNC(=O)c1ccc(O)cc1.Clc1cccc(Cl)c1. The second-order valence-corrected chi connectivity index (χ2v) is 4.72. The predicted octanol–water partition coefficient (Wildman–Crippen LogP) is 4.14. The zero-order chi connectivity index (χ0) is 15.0. The van der Waals surface area contributed by atoms with Gasteiger partial charge in [-0.1, -0.05) is 29.3 Å². The Labute approximate surface area is 128 Å². The van der Waals surface area contributed by atoms with Crippen molar-refractivity contribution < 1.29 is 9.90 Å². The summed E-state index contributed by atoms with van der Waals surface area (Å²) in [7, 11) is 0. The van der Waals surface area contributed by atoms with Crippen molar-refractivity contribution in [3.63, 3.8) is 0 Å². The molecule has 0 aliphatic rings. The number of rotatable bonds is 2. The molecule has 0 fully saturated rings. The average molecular weight is 312 g/mol. The maximum atomic E-state index is 11.2. The van der Waals surface area contributed by atoms with Gasteiger partial charge in [0.15, 0.2) is 0 Å². The Morgan fingerprint density at radius 3 is 2.05 bits per heavy atom. The third kappa shape index (κ3) is 5.95. The first kappa shape index (κ1) is 16.3. The normalized spacial score (nSPS) is 9.35. The smallest absolute Gasteiger partial charge is 0.251 e. The maximum absolute atomic E-state index is 11.2. The summed E-state index contributed by atoms with van der Waals surface area (Å²) in [6.45, 7) is 2.47. The quantitative estimate of drug-likeness (QED) is 0.876. The van der Waals surface area contributed by atoms with Crippen molar-refractivity contribution in [1.29, 1.82) is 0 Å². The van der Waals surface area contributed by atoms with E-state index >= 15 is 0 Å². The van der Waals surface area contributed by atoms with Crippen LogP contribution in [0.4, 0.5) is 0 Å². The van der Waals surface area contributed by atoms with E-state index in [4.69, 9.17) is 28.3 Å². The summed E-state index contributed by atoms with van der Waals surface area (Å²) in [5.74, 6) is 0.0561. The Morgan fingerprint density at radius 2 is 1.65 bits per heavy atom. The number of carbonyl (C=O) groups is 1. The second-order valence-electron chi connectivity index (χ2n) is 3.85. The molecule has 0 atom stereocenters. The fourth-order valence-electron chi connectivity index (χ4n) is 1.34. The molecular weight excluding hydrogens is 297 g/mol. The lowest BCUT2D eigenvalue weighted by atomic mass is 10.2. The Bertz CT molecular complexity index is 539. The van der Waals surface area contributed by atoms with Crippen molar-refractivity contribution >= 4 is 29.1 Å². The number of aromatic hydroxyl groups is 1. The predicted molar refractivity (Wildman–Crippen MR) is 82.6 cm³/mol. The molecule has 2 aromatic rings. The van der Waals surface area contributed by atoms with Gasteiger partial charge >= 0.3 is 0 Å². The van der Waals surface area contributed by atoms with E-state index in [0.717, 1.165) is 0 Å². The Balaban J connectivity index is 0.000000217. The summed E-state index contributed by atoms with van der Waals surface area (Å²) < 4.78 is 0. The van der Waals surface area contributed by atoms with E-state index in [1.807, 2.05) is 13.0 Å². The summed E-state index contributed by atoms with van der Waals surface area (Å²) >= 11 is 11.1. The van der Waals surface area contributed by atoms with Gasteiger partial charge in [-0.2, -0.15) is 0 Å². The number of hydrogen-bond donors (Lipinski definition) is 2. The van der Waals surface area contributed by atoms with Crippen molar-refractivity contribution in [3.8, 4) is 5.75 Å². The van der Waals surface area contributed by atoms with Crippen molar-refractivity contribution in [1.82, 2.24) is 5.32 Å². The van der Waals surface area contributed by atoms with E-state index in [2.05, 4.69) is 5.32 Å². The zero-order valence-corrected chi connectivity index (χ0v) is 12.4. The summed E-state index contributed by atoms with van der Waals surface area (Å²) in [4.78, 5) is 11.2. The van der Waals surface area contributed by atoms with Crippen LogP contribution in [0.15, 0.2) is 48.5 Å². The molecule has 2 rings (SSSR count). The van der Waals surface area contributed by atoms with E-state index in [9.17, 15) is 4.79 Å². The van der Waals surface area contributed by atoms with E-state index in [1.54, 1.807) is 30.3 Å². The molecule has 20 heavy (non-hydrogen) atoms. The van der Waals surface area contributed by atoms with Gasteiger partial charge in [0.1, 0.15) is 5.75 Å². The van der Waals surface area contributed by atoms with Gasteiger partial charge in [0, 0.05) is 22.2 Å². The Morgan fingerprint density at radius 1 is 1.10 bits per heavy atom. The summed E-state index contributed by atoms with van der Waals surface area (Å²) in [6.07, 6.45) is 0. The number of amides is 1. The molecule has 0 aromatic heterocycles. The van der Waals surface area contributed by atoms with Gasteiger partial charge < -0.3 is 10.4 Å². The molecule has 2 aromatic carbocycles. The van der Waals surface area contributed by atoms with Crippen LogP contribution >= 0.6 is 23.2 Å². The van der Waals surface area contributed by atoms with Crippen molar-refractivity contribution in [2.24, 2.45) is 0 Å². The Kier molecular flexibility index (Phi) is 6.91. The topological polar surface area (TPSA) is 49.3 Å². The second kappa shape index (κ2) is 8.46. The molecule has 0 aliphatic carbocycles. The molecule has 0 spiro atoms. The first-order valence-electron chi connectivity index (χ1n) is 6.01. The fraction of sp³-hybridized carbons (Fsp3) is 0.133. The molecule has 1 amide bonds. The minimum absolute atomic E-state index is 0.113. The monoisotopic (exact) mass is 311 g/mol. The standard InChI is InChI=1S/C9H11NO2.C6H4Cl2/c1-2-10-9(12)7-3-5-8(11)6-4-7;7-5-2-1-3-6(8)4-5/h3-6,11H,2H2,1H3,(H,10,12);1-4H. The summed E-state index contributed by atoms with van der Waals surface area (Å²) in [5, 5.41) is 13.0. The third-order valence-electron chi connectivity index (χ3n) is 2.25. The van der Waals surface area contributed by atoms with Gasteiger partial charge in [0.25, 0.3) is 5.91 Å². The van der Waals surface area contributed by atoms with E-state index < -0.39 is 0 Å². The number of phenols is 1. The van der Waals surface area contributed by atoms with E-state index in [0.29, 0.717) is 22.2 Å². The average Bonchev–Trinajstić information content (AvgIpc) is 2.40. The first-order valence-corrected chi connectivity index (χ1v) is 6.77. The Hall–Kier alpha value is -1.71. The summed E-state index contributed by atoms with van der Waals surface area (Å²) in [6, 6.07) is 13.2. The first-order chi connectivity index (χ1) is 9.52.